The first-order valence-corrected chi connectivity index (χ1v) is 9.65. The molecule has 4 aromatic rings. The Labute approximate surface area is 179 Å². The summed E-state index contributed by atoms with van der Waals surface area (Å²) in [6, 6.07) is 18.8. The lowest BCUT2D eigenvalue weighted by Gasteiger charge is -2.05. The van der Waals surface area contributed by atoms with E-state index in [1.165, 1.54) is 0 Å². The summed E-state index contributed by atoms with van der Waals surface area (Å²) in [7, 11) is 1.60. The molecular weight excluding hydrogens is 392 g/mol. The molecule has 2 aromatic carbocycles. The van der Waals surface area contributed by atoms with E-state index in [2.05, 4.69) is 32.3 Å². The lowest BCUT2D eigenvalue weighted by atomic mass is 10.1. The number of para-hydroxylation sites is 1. The summed E-state index contributed by atoms with van der Waals surface area (Å²) in [5.41, 5.74) is 2.67. The van der Waals surface area contributed by atoms with E-state index in [1.807, 2.05) is 54.6 Å². The van der Waals surface area contributed by atoms with Crippen molar-refractivity contribution in [1.29, 1.82) is 0 Å². The standard InChI is InChI=1S/C24H20N4O3/c1-30-19-10-4-8-18(15-19)20-16-21(28-27-20)24(29)26-12-2-3-14-31-22-11-5-7-17-9-6-13-25-23(17)22/h4-11,13,15-16H,12,14H2,1H3,(H,26,29)(H,27,28). The van der Waals surface area contributed by atoms with Crippen molar-refractivity contribution in [2.75, 3.05) is 20.3 Å². The summed E-state index contributed by atoms with van der Waals surface area (Å²) in [5, 5.41) is 10.7. The van der Waals surface area contributed by atoms with Crippen molar-refractivity contribution >= 4 is 16.8 Å². The molecule has 0 unspecified atom stereocenters. The Bertz CT molecular complexity index is 1270. The minimum atomic E-state index is -0.282. The first-order valence-electron chi connectivity index (χ1n) is 9.65. The molecule has 0 atom stereocenters. The van der Waals surface area contributed by atoms with Crippen molar-refractivity contribution in [2.45, 2.75) is 0 Å². The summed E-state index contributed by atoms with van der Waals surface area (Å²) in [6.07, 6.45) is 1.73. The molecule has 0 saturated heterocycles. The second-order valence-corrected chi connectivity index (χ2v) is 6.55. The average molecular weight is 412 g/mol. The van der Waals surface area contributed by atoms with Crippen LogP contribution in [-0.4, -0.2) is 41.3 Å². The van der Waals surface area contributed by atoms with Crippen molar-refractivity contribution in [3.8, 4) is 34.6 Å². The van der Waals surface area contributed by atoms with Crippen molar-refractivity contribution in [3.05, 3.63) is 72.6 Å². The van der Waals surface area contributed by atoms with Crippen LogP contribution in [0.2, 0.25) is 0 Å². The fraction of sp³-hybridized carbons (Fsp3) is 0.125. The van der Waals surface area contributed by atoms with Gasteiger partial charge in [-0.2, -0.15) is 5.10 Å². The van der Waals surface area contributed by atoms with Crippen LogP contribution in [0.1, 0.15) is 10.5 Å². The number of methoxy groups -OCH3 is 1. The molecular formula is C24H20N4O3. The second-order valence-electron chi connectivity index (χ2n) is 6.55. The number of hydrogen-bond donors (Lipinski definition) is 2. The topological polar surface area (TPSA) is 89.1 Å². The molecule has 0 spiro atoms. The number of carbonyl (C=O) groups excluding carboxylic acids is 1. The van der Waals surface area contributed by atoms with Gasteiger partial charge in [0.1, 0.15) is 29.3 Å². The molecule has 7 nitrogen and oxygen atoms in total. The predicted octanol–water partition coefficient (Wildman–Crippen LogP) is 3.45. The zero-order chi connectivity index (χ0) is 21.5. The van der Waals surface area contributed by atoms with Crippen LogP contribution < -0.4 is 14.8 Å². The van der Waals surface area contributed by atoms with E-state index in [0.29, 0.717) is 17.1 Å². The quantitative estimate of drug-likeness (QED) is 0.474. The predicted molar refractivity (Wildman–Crippen MR) is 118 cm³/mol. The number of ether oxygens (including phenoxy) is 2. The first-order chi connectivity index (χ1) is 15.2. The van der Waals surface area contributed by atoms with Gasteiger partial charge in [0, 0.05) is 17.1 Å². The number of nitrogens with zero attached hydrogens (tertiary/aromatic N) is 2. The summed E-state index contributed by atoms with van der Waals surface area (Å²) in [6.45, 7) is 0.402. The minimum Gasteiger partial charge on any atom is -0.497 e. The molecule has 2 aromatic heterocycles. The maximum absolute atomic E-state index is 12.3. The number of aromatic nitrogens is 3. The summed E-state index contributed by atoms with van der Waals surface area (Å²) >= 11 is 0. The van der Waals surface area contributed by atoms with Crippen molar-refractivity contribution in [1.82, 2.24) is 20.5 Å². The Morgan fingerprint density at radius 2 is 1.97 bits per heavy atom. The molecule has 0 aliphatic carbocycles. The van der Waals surface area contributed by atoms with Crippen LogP contribution >= 0.6 is 0 Å². The van der Waals surface area contributed by atoms with Gasteiger partial charge in [0.15, 0.2) is 0 Å². The molecule has 0 radical (unpaired) electrons. The number of amides is 1. The number of fused-ring (bicyclic) bond motifs is 1. The molecule has 0 bridgehead atoms. The van der Waals surface area contributed by atoms with Crippen LogP contribution in [0.4, 0.5) is 0 Å². The molecule has 0 aliphatic rings. The first kappa shape index (κ1) is 20.0. The summed E-state index contributed by atoms with van der Waals surface area (Å²) in [4.78, 5) is 16.6. The van der Waals surface area contributed by atoms with Crippen molar-refractivity contribution in [3.63, 3.8) is 0 Å². The summed E-state index contributed by atoms with van der Waals surface area (Å²) < 4.78 is 10.9. The second kappa shape index (κ2) is 9.46. The van der Waals surface area contributed by atoms with Gasteiger partial charge in [-0.15, -0.1) is 0 Å². The number of carbonyl (C=O) groups is 1. The van der Waals surface area contributed by atoms with Crippen LogP contribution in [0.3, 0.4) is 0 Å². The minimum absolute atomic E-state index is 0.198. The van der Waals surface area contributed by atoms with Gasteiger partial charge < -0.3 is 14.8 Å². The molecule has 1 amide bonds. The highest BCUT2D eigenvalue weighted by Crippen LogP contribution is 2.23. The highest BCUT2D eigenvalue weighted by atomic mass is 16.5. The van der Waals surface area contributed by atoms with Crippen LogP contribution in [-0.2, 0) is 0 Å². The molecule has 31 heavy (non-hydrogen) atoms. The fourth-order valence-electron chi connectivity index (χ4n) is 3.01. The zero-order valence-electron chi connectivity index (χ0n) is 16.9. The van der Waals surface area contributed by atoms with E-state index < -0.39 is 0 Å². The van der Waals surface area contributed by atoms with Gasteiger partial charge in [-0.3, -0.25) is 14.9 Å². The van der Waals surface area contributed by atoms with Gasteiger partial charge in [-0.1, -0.05) is 42.2 Å². The third-order valence-corrected chi connectivity index (χ3v) is 4.55. The van der Waals surface area contributed by atoms with Crippen molar-refractivity contribution < 1.29 is 14.3 Å². The Balaban J connectivity index is 1.29. The van der Waals surface area contributed by atoms with E-state index in [4.69, 9.17) is 9.47 Å². The van der Waals surface area contributed by atoms with E-state index >= 15 is 0 Å². The smallest absolute Gasteiger partial charge is 0.270 e. The van der Waals surface area contributed by atoms with Crippen LogP contribution in [0.25, 0.3) is 22.2 Å². The average Bonchev–Trinajstić information content (AvgIpc) is 3.32. The molecule has 0 saturated carbocycles. The Hall–Kier alpha value is -4.31. The van der Waals surface area contributed by atoms with E-state index in [0.717, 1.165) is 22.2 Å². The molecule has 2 N–H and O–H groups in total. The number of H-pyrrole nitrogens is 1. The maximum atomic E-state index is 12.3. The van der Waals surface area contributed by atoms with Gasteiger partial charge in [-0.05, 0) is 30.3 Å². The number of rotatable bonds is 6. The maximum Gasteiger partial charge on any atom is 0.270 e. The molecule has 154 valence electrons. The van der Waals surface area contributed by atoms with Crippen LogP contribution in [0.15, 0.2) is 66.9 Å². The molecule has 7 heteroatoms. The monoisotopic (exact) mass is 412 g/mol. The van der Waals surface area contributed by atoms with Crippen LogP contribution in [0.5, 0.6) is 11.5 Å². The molecule has 0 aliphatic heterocycles. The fourth-order valence-corrected chi connectivity index (χ4v) is 3.01. The third kappa shape index (κ3) is 4.82. The zero-order valence-corrected chi connectivity index (χ0v) is 16.9. The number of benzene rings is 2. The number of hydrogen-bond acceptors (Lipinski definition) is 5. The van der Waals surface area contributed by atoms with Crippen LogP contribution in [0, 0.1) is 11.8 Å². The van der Waals surface area contributed by atoms with E-state index in [-0.39, 0.29) is 19.1 Å². The third-order valence-electron chi connectivity index (χ3n) is 4.55. The Kier molecular flexibility index (Phi) is 6.10. The highest BCUT2D eigenvalue weighted by Gasteiger charge is 2.10. The van der Waals surface area contributed by atoms with Gasteiger partial charge in [-0.25, -0.2) is 0 Å². The molecule has 0 fully saturated rings. The highest BCUT2D eigenvalue weighted by molar-refractivity contribution is 5.93. The Morgan fingerprint density at radius 1 is 1.10 bits per heavy atom. The van der Waals surface area contributed by atoms with Crippen molar-refractivity contribution in [2.24, 2.45) is 0 Å². The summed E-state index contributed by atoms with van der Waals surface area (Å²) in [5.74, 6) is 6.90. The largest absolute Gasteiger partial charge is 0.497 e. The number of aromatic amines is 1. The van der Waals surface area contributed by atoms with Gasteiger partial charge >= 0.3 is 0 Å². The lowest BCUT2D eigenvalue weighted by Crippen LogP contribution is -2.24. The molecule has 2 heterocycles. The Morgan fingerprint density at radius 3 is 2.87 bits per heavy atom. The van der Waals surface area contributed by atoms with Gasteiger partial charge in [0.2, 0.25) is 0 Å². The SMILES string of the molecule is COc1cccc(-c2cc(C(=O)NCC#CCOc3cccc4cccnc34)[nH]n2)c1. The normalized spacial score (nSPS) is 10.2. The molecule has 4 rings (SSSR count). The van der Waals surface area contributed by atoms with Gasteiger partial charge in [0.05, 0.1) is 19.3 Å². The lowest BCUT2D eigenvalue weighted by molar-refractivity contribution is 0.0953. The number of pyridine rings is 1. The van der Waals surface area contributed by atoms with E-state index in [1.54, 1.807) is 19.4 Å². The van der Waals surface area contributed by atoms with E-state index in [9.17, 15) is 4.79 Å². The number of nitrogens with one attached hydrogen (secondary N) is 2. The van der Waals surface area contributed by atoms with Gasteiger partial charge in [0.25, 0.3) is 5.91 Å².